The SMILES string of the molecule is COC1(c2nc(-c3ncn4c3c(=O)n(CCN3CCOCC3)c3ccccc34)no2)CC1. The third-order valence-corrected chi connectivity index (χ3v) is 6.51. The van der Waals surface area contributed by atoms with E-state index in [1.165, 1.54) is 0 Å². The van der Waals surface area contributed by atoms with Crippen LogP contribution in [-0.4, -0.2) is 69.0 Å². The number of ether oxygens (including phenoxy) is 2. The van der Waals surface area contributed by atoms with Gasteiger partial charge in [-0.15, -0.1) is 0 Å². The molecule has 4 heterocycles. The molecule has 0 bridgehead atoms. The number of methoxy groups -OCH3 is 1. The van der Waals surface area contributed by atoms with E-state index >= 15 is 0 Å². The van der Waals surface area contributed by atoms with Gasteiger partial charge in [-0.3, -0.25) is 14.1 Å². The van der Waals surface area contributed by atoms with E-state index in [9.17, 15) is 4.79 Å². The van der Waals surface area contributed by atoms with Crippen molar-refractivity contribution in [1.82, 2.24) is 29.0 Å². The van der Waals surface area contributed by atoms with Crippen molar-refractivity contribution >= 4 is 16.6 Å². The van der Waals surface area contributed by atoms with Gasteiger partial charge in [0, 0.05) is 33.3 Å². The third kappa shape index (κ3) is 3.06. The Bertz CT molecular complexity index is 1350. The monoisotopic (exact) mass is 436 g/mol. The van der Waals surface area contributed by atoms with Gasteiger partial charge < -0.3 is 18.6 Å². The number of hydrogen-bond acceptors (Lipinski definition) is 8. The van der Waals surface area contributed by atoms with Crippen LogP contribution in [0, 0.1) is 0 Å². The summed E-state index contributed by atoms with van der Waals surface area (Å²) in [6.07, 6.45) is 3.34. The van der Waals surface area contributed by atoms with Gasteiger partial charge in [-0.1, -0.05) is 17.3 Å². The lowest BCUT2D eigenvalue weighted by molar-refractivity contribution is 0.0364. The first-order valence-electron chi connectivity index (χ1n) is 10.9. The molecule has 1 saturated carbocycles. The summed E-state index contributed by atoms with van der Waals surface area (Å²) >= 11 is 0. The highest BCUT2D eigenvalue weighted by Crippen LogP contribution is 2.48. The second-order valence-electron chi connectivity index (χ2n) is 8.33. The molecule has 2 aliphatic rings. The van der Waals surface area contributed by atoms with Crippen LogP contribution in [0.5, 0.6) is 0 Å². The van der Waals surface area contributed by atoms with Gasteiger partial charge in [0.05, 0.1) is 24.2 Å². The summed E-state index contributed by atoms with van der Waals surface area (Å²) in [7, 11) is 1.64. The molecule has 10 nitrogen and oxygen atoms in total. The summed E-state index contributed by atoms with van der Waals surface area (Å²) in [5.74, 6) is 0.738. The number of aromatic nitrogens is 5. The molecule has 3 aromatic heterocycles. The molecule has 0 amide bonds. The van der Waals surface area contributed by atoms with Crippen molar-refractivity contribution in [3.8, 4) is 11.5 Å². The first kappa shape index (κ1) is 19.6. The van der Waals surface area contributed by atoms with Crippen LogP contribution in [0.15, 0.2) is 39.9 Å². The fourth-order valence-corrected chi connectivity index (χ4v) is 4.44. The van der Waals surface area contributed by atoms with Crippen molar-refractivity contribution in [3.05, 3.63) is 46.8 Å². The van der Waals surface area contributed by atoms with Crippen molar-refractivity contribution in [2.75, 3.05) is 40.0 Å². The maximum atomic E-state index is 13.7. The van der Waals surface area contributed by atoms with Crippen molar-refractivity contribution in [2.45, 2.75) is 25.0 Å². The average molecular weight is 436 g/mol. The Kier molecular flexibility index (Phi) is 4.60. The highest BCUT2D eigenvalue weighted by Gasteiger charge is 2.50. The number of benzene rings is 1. The van der Waals surface area contributed by atoms with Gasteiger partial charge in [-0.05, 0) is 25.0 Å². The van der Waals surface area contributed by atoms with Gasteiger partial charge in [0.25, 0.3) is 11.4 Å². The van der Waals surface area contributed by atoms with Crippen molar-refractivity contribution in [3.63, 3.8) is 0 Å². The van der Waals surface area contributed by atoms with Gasteiger partial charge >= 0.3 is 0 Å². The molecular weight excluding hydrogens is 412 g/mol. The van der Waals surface area contributed by atoms with E-state index in [4.69, 9.17) is 14.0 Å². The van der Waals surface area contributed by atoms with Crippen LogP contribution in [0.2, 0.25) is 0 Å². The van der Waals surface area contributed by atoms with Crippen molar-refractivity contribution in [2.24, 2.45) is 0 Å². The number of imidazole rings is 1. The first-order chi connectivity index (χ1) is 15.7. The van der Waals surface area contributed by atoms with Gasteiger partial charge in [-0.25, -0.2) is 4.98 Å². The van der Waals surface area contributed by atoms with E-state index in [0.29, 0.717) is 29.5 Å². The maximum absolute atomic E-state index is 13.7. The zero-order chi connectivity index (χ0) is 21.7. The Morgan fingerprint density at radius 1 is 1.12 bits per heavy atom. The van der Waals surface area contributed by atoms with E-state index in [-0.39, 0.29) is 5.56 Å². The lowest BCUT2D eigenvalue weighted by Crippen LogP contribution is -2.39. The fourth-order valence-electron chi connectivity index (χ4n) is 4.44. The van der Waals surface area contributed by atoms with Gasteiger partial charge in [-0.2, -0.15) is 4.98 Å². The summed E-state index contributed by atoms with van der Waals surface area (Å²) in [4.78, 5) is 25.0. The summed E-state index contributed by atoms with van der Waals surface area (Å²) in [6, 6.07) is 7.86. The highest BCUT2D eigenvalue weighted by atomic mass is 16.5. The summed E-state index contributed by atoms with van der Waals surface area (Å²) < 4.78 is 20.1. The Morgan fingerprint density at radius 2 is 1.91 bits per heavy atom. The second-order valence-corrected chi connectivity index (χ2v) is 8.33. The van der Waals surface area contributed by atoms with Gasteiger partial charge in [0.2, 0.25) is 5.82 Å². The van der Waals surface area contributed by atoms with E-state index in [1.807, 2.05) is 33.2 Å². The molecule has 1 aromatic carbocycles. The number of morpholine rings is 1. The lowest BCUT2D eigenvalue weighted by Gasteiger charge is -2.27. The molecule has 0 radical (unpaired) electrons. The molecule has 166 valence electrons. The molecule has 32 heavy (non-hydrogen) atoms. The minimum Gasteiger partial charge on any atom is -0.379 e. The van der Waals surface area contributed by atoms with Crippen molar-refractivity contribution < 1.29 is 14.0 Å². The Balaban J connectivity index is 1.46. The molecule has 0 spiro atoms. The fraction of sp³-hybridized carbons (Fsp3) is 0.455. The number of nitrogens with zero attached hydrogens (tertiary/aromatic N) is 6. The molecule has 6 rings (SSSR count). The van der Waals surface area contributed by atoms with E-state index < -0.39 is 5.60 Å². The normalized spacial score (nSPS) is 18.5. The molecule has 1 aliphatic carbocycles. The maximum Gasteiger partial charge on any atom is 0.277 e. The summed E-state index contributed by atoms with van der Waals surface area (Å²) in [6.45, 7) is 4.55. The van der Waals surface area contributed by atoms with E-state index in [0.717, 1.165) is 56.7 Å². The molecule has 2 fully saturated rings. The van der Waals surface area contributed by atoms with Crippen LogP contribution >= 0.6 is 0 Å². The molecular formula is C22H24N6O4. The highest BCUT2D eigenvalue weighted by molar-refractivity contribution is 5.83. The molecule has 0 N–H and O–H groups in total. The molecule has 0 unspecified atom stereocenters. The number of fused-ring (bicyclic) bond motifs is 3. The van der Waals surface area contributed by atoms with Crippen molar-refractivity contribution in [1.29, 1.82) is 0 Å². The van der Waals surface area contributed by atoms with Crippen LogP contribution in [-0.2, 0) is 21.6 Å². The van der Waals surface area contributed by atoms with Crippen LogP contribution in [0.3, 0.4) is 0 Å². The van der Waals surface area contributed by atoms with Crippen LogP contribution in [0.25, 0.3) is 28.1 Å². The second kappa shape index (κ2) is 7.51. The largest absolute Gasteiger partial charge is 0.379 e. The Morgan fingerprint density at radius 3 is 2.66 bits per heavy atom. The standard InChI is InChI=1S/C22H24N6O4/c1-30-22(6-7-22)21-24-19(25-32-21)17-18-20(29)27(9-8-26-10-12-31-13-11-26)15-4-2-3-5-16(15)28(18)14-23-17/h2-5,14H,6-13H2,1H3. The molecule has 1 aliphatic heterocycles. The molecule has 1 saturated heterocycles. The third-order valence-electron chi connectivity index (χ3n) is 6.51. The van der Waals surface area contributed by atoms with Gasteiger partial charge in [0.1, 0.15) is 23.1 Å². The average Bonchev–Trinajstić information content (AvgIpc) is 3.26. The quantitative estimate of drug-likeness (QED) is 0.450. The molecule has 4 aromatic rings. The number of hydrogen-bond donors (Lipinski definition) is 0. The predicted molar refractivity (Wildman–Crippen MR) is 115 cm³/mol. The predicted octanol–water partition coefficient (Wildman–Crippen LogP) is 1.67. The smallest absolute Gasteiger partial charge is 0.277 e. The van der Waals surface area contributed by atoms with Crippen LogP contribution in [0.1, 0.15) is 18.7 Å². The van der Waals surface area contributed by atoms with Gasteiger partial charge in [0.15, 0.2) is 0 Å². The van der Waals surface area contributed by atoms with E-state index in [2.05, 4.69) is 20.0 Å². The molecule has 10 heteroatoms. The summed E-state index contributed by atoms with van der Waals surface area (Å²) in [5, 5.41) is 4.12. The zero-order valence-electron chi connectivity index (χ0n) is 17.9. The lowest BCUT2D eigenvalue weighted by atomic mass is 10.2. The minimum absolute atomic E-state index is 0.122. The first-order valence-corrected chi connectivity index (χ1v) is 10.9. The Labute approximate surface area is 183 Å². The van der Waals surface area contributed by atoms with Crippen LogP contribution < -0.4 is 5.56 Å². The Hall–Kier alpha value is -3.08. The zero-order valence-corrected chi connectivity index (χ0v) is 17.9. The van der Waals surface area contributed by atoms with Crippen LogP contribution in [0.4, 0.5) is 0 Å². The minimum atomic E-state index is -0.494. The summed E-state index contributed by atoms with van der Waals surface area (Å²) in [5.41, 5.74) is 2.02. The number of para-hydroxylation sites is 2. The topological polar surface area (TPSA) is 99.9 Å². The van der Waals surface area contributed by atoms with E-state index in [1.54, 1.807) is 13.4 Å². The number of rotatable bonds is 6. The molecule has 0 atom stereocenters.